The van der Waals surface area contributed by atoms with Crippen molar-refractivity contribution in [3.05, 3.63) is 52.7 Å². The second-order valence-electron chi connectivity index (χ2n) is 4.49. The third-order valence-corrected chi connectivity index (χ3v) is 3.13. The highest BCUT2D eigenvalue weighted by Gasteiger charge is 2.15. The smallest absolute Gasteiger partial charge is 0.273 e. The molecule has 0 aliphatic rings. The number of nitrogens with two attached hydrogens (primary N) is 1. The van der Waals surface area contributed by atoms with E-state index in [1.54, 1.807) is 12.1 Å². The lowest BCUT2D eigenvalue weighted by Gasteiger charge is -2.03. The van der Waals surface area contributed by atoms with E-state index in [-0.39, 0.29) is 24.1 Å². The van der Waals surface area contributed by atoms with Crippen LogP contribution in [0.1, 0.15) is 28.0 Å². The number of carbonyl (C=O) groups is 1. The third-order valence-electron chi connectivity index (χ3n) is 2.88. The highest BCUT2D eigenvalue weighted by Crippen LogP contribution is 2.10. The molecule has 1 heterocycles. The minimum atomic E-state index is -0.722. The van der Waals surface area contributed by atoms with E-state index in [2.05, 4.69) is 10.3 Å². The van der Waals surface area contributed by atoms with Crippen molar-refractivity contribution in [3.63, 3.8) is 0 Å². The maximum absolute atomic E-state index is 11.9. The molecule has 6 nitrogen and oxygen atoms in total. The minimum Gasteiger partial charge on any atom is -0.446 e. The maximum Gasteiger partial charge on any atom is 0.273 e. The average Bonchev–Trinajstić information content (AvgIpc) is 2.98. The van der Waals surface area contributed by atoms with E-state index in [1.165, 1.54) is 6.26 Å². The van der Waals surface area contributed by atoms with E-state index < -0.39 is 6.04 Å². The molecule has 1 unspecified atom stereocenters. The highest BCUT2D eigenvalue weighted by atomic mass is 35.5. The Morgan fingerprint density at radius 2 is 2.14 bits per heavy atom. The molecule has 21 heavy (non-hydrogen) atoms. The van der Waals surface area contributed by atoms with Crippen molar-refractivity contribution in [1.82, 2.24) is 10.3 Å². The lowest BCUT2D eigenvalue weighted by atomic mass is 10.1. The summed E-state index contributed by atoms with van der Waals surface area (Å²) in [6, 6.07) is 6.70. The number of halogens is 1. The average molecular weight is 310 g/mol. The molecule has 0 saturated heterocycles. The molecule has 1 atom stereocenters. The first-order chi connectivity index (χ1) is 10.1. The van der Waals surface area contributed by atoms with Gasteiger partial charge in [0.25, 0.3) is 5.91 Å². The Hall–Kier alpha value is -1.89. The number of aliphatic hydroxyl groups excluding tert-OH is 1. The Balaban J connectivity index is 1.84. The molecule has 0 radical (unpaired) electrons. The zero-order valence-corrected chi connectivity index (χ0v) is 12.0. The van der Waals surface area contributed by atoms with Crippen LogP contribution in [-0.2, 0) is 6.42 Å². The second-order valence-corrected chi connectivity index (χ2v) is 4.93. The van der Waals surface area contributed by atoms with Crippen LogP contribution in [0.5, 0.6) is 0 Å². The number of hydrogen-bond donors (Lipinski definition) is 3. The summed E-state index contributed by atoms with van der Waals surface area (Å²) in [6.45, 7) is 0.173. The summed E-state index contributed by atoms with van der Waals surface area (Å²) in [5.41, 5.74) is 6.76. The third kappa shape index (κ3) is 4.29. The SMILES string of the molecule is NC(CO)c1nc(C(=O)NCCc2ccc(Cl)cc2)co1. The first-order valence-electron chi connectivity index (χ1n) is 6.44. The van der Waals surface area contributed by atoms with Crippen molar-refractivity contribution in [2.24, 2.45) is 5.73 Å². The predicted octanol–water partition coefficient (Wildman–Crippen LogP) is 1.29. The zero-order chi connectivity index (χ0) is 15.2. The van der Waals surface area contributed by atoms with Crippen LogP contribution in [0.4, 0.5) is 0 Å². The van der Waals surface area contributed by atoms with Crippen molar-refractivity contribution >= 4 is 17.5 Å². The van der Waals surface area contributed by atoms with Crippen LogP contribution in [0.3, 0.4) is 0 Å². The summed E-state index contributed by atoms with van der Waals surface area (Å²) < 4.78 is 5.04. The molecule has 112 valence electrons. The van der Waals surface area contributed by atoms with Gasteiger partial charge in [-0.1, -0.05) is 23.7 Å². The topological polar surface area (TPSA) is 101 Å². The van der Waals surface area contributed by atoms with E-state index in [0.717, 1.165) is 5.56 Å². The molecule has 1 amide bonds. The van der Waals surface area contributed by atoms with E-state index in [0.29, 0.717) is 18.0 Å². The van der Waals surface area contributed by atoms with E-state index in [9.17, 15) is 4.79 Å². The first-order valence-corrected chi connectivity index (χ1v) is 6.82. The predicted molar refractivity (Wildman–Crippen MR) is 78.0 cm³/mol. The number of hydrogen-bond acceptors (Lipinski definition) is 5. The summed E-state index contributed by atoms with van der Waals surface area (Å²) >= 11 is 5.80. The fourth-order valence-electron chi connectivity index (χ4n) is 1.70. The van der Waals surface area contributed by atoms with Crippen molar-refractivity contribution < 1.29 is 14.3 Å². The largest absolute Gasteiger partial charge is 0.446 e. The van der Waals surface area contributed by atoms with Gasteiger partial charge in [-0.25, -0.2) is 4.98 Å². The molecule has 0 spiro atoms. The highest BCUT2D eigenvalue weighted by molar-refractivity contribution is 6.30. The number of aromatic nitrogens is 1. The van der Waals surface area contributed by atoms with Crippen LogP contribution in [0, 0.1) is 0 Å². The molecular formula is C14H16ClN3O3. The second kappa shape index (κ2) is 7.21. The van der Waals surface area contributed by atoms with Gasteiger partial charge >= 0.3 is 0 Å². The first kappa shape index (κ1) is 15.5. The molecule has 1 aromatic carbocycles. The molecular weight excluding hydrogens is 294 g/mol. The molecule has 7 heteroatoms. The van der Waals surface area contributed by atoms with Crippen LogP contribution < -0.4 is 11.1 Å². The van der Waals surface area contributed by atoms with Crippen LogP contribution in [0.25, 0.3) is 0 Å². The summed E-state index contributed by atoms with van der Waals surface area (Å²) in [7, 11) is 0. The van der Waals surface area contributed by atoms with Gasteiger partial charge in [-0.2, -0.15) is 0 Å². The van der Waals surface area contributed by atoms with Gasteiger partial charge in [0.15, 0.2) is 5.69 Å². The summed E-state index contributed by atoms with van der Waals surface area (Å²) in [5, 5.41) is 12.3. The Bertz CT molecular complexity index is 598. The van der Waals surface area contributed by atoms with Gasteiger partial charge in [0.05, 0.1) is 6.61 Å². The van der Waals surface area contributed by atoms with Crippen molar-refractivity contribution in [1.29, 1.82) is 0 Å². The van der Waals surface area contributed by atoms with E-state index in [1.807, 2.05) is 12.1 Å². The lowest BCUT2D eigenvalue weighted by molar-refractivity contribution is 0.0949. The number of amides is 1. The van der Waals surface area contributed by atoms with Gasteiger partial charge in [0, 0.05) is 11.6 Å². The molecule has 2 rings (SSSR count). The molecule has 0 aliphatic heterocycles. The zero-order valence-electron chi connectivity index (χ0n) is 11.3. The number of oxazole rings is 1. The van der Waals surface area contributed by atoms with Gasteiger partial charge in [-0.05, 0) is 24.1 Å². The molecule has 4 N–H and O–H groups in total. The van der Waals surface area contributed by atoms with E-state index >= 15 is 0 Å². The number of carbonyl (C=O) groups excluding carboxylic acids is 1. The standard InChI is InChI=1S/C14H16ClN3O3/c15-10-3-1-9(2-4-10)5-6-17-13(20)12-8-21-14(18-12)11(16)7-19/h1-4,8,11,19H,5-7,16H2,(H,17,20). The monoisotopic (exact) mass is 309 g/mol. The number of rotatable bonds is 6. The fourth-order valence-corrected chi connectivity index (χ4v) is 1.83. The number of benzene rings is 1. The molecule has 2 aromatic rings. The molecule has 0 saturated carbocycles. The van der Waals surface area contributed by atoms with Gasteiger partial charge in [0.1, 0.15) is 12.3 Å². The van der Waals surface area contributed by atoms with Gasteiger partial charge in [-0.3, -0.25) is 4.79 Å². The normalized spacial score (nSPS) is 12.1. The Labute approximate surface area is 126 Å². The Morgan fingerprint density at radius 1 is 1.43 bits per heavy atom. The van der Waals surface area contributed by atoms with Gasteiger partial charge in [-0.15, -0.1) is 0 Å². The van der Waals surface area contributed by atoms with Crippen molar-refractivity contribution in [2.45, 2.75) is 12.5 Å². The summed E-state index contributed by atoms with van der Waals surface area (Å²) in [6.07, 6.45) is 1.91. The Kier molecular flexibility index (Phi) is 5.32. The van der Waals surface area contributed by atoms with Gasteiger partial charge in [0.2, 0.25) is 5.89 Å². The van der Waals surface area contributed by atoms with Crippen LogP contribution >= 0.6 is 11.6 Å². The summed E-state index contributed by atoms with van der Waals surface area (Å²) in [5.74, 6) is -0.204. The van der Waals surface area contributed by atoms with Crippen molar-refractivity contribution in [2.75, 3.05) is 13.2 Å². The minimum absolute atomic E-state index is 0.139. The molecule has 0 aliphatic carbocycles. The summed E-state index contributed by atoms with van der Waals surface area (Å²) in [4.78, 5) is 15.8. The van der Waals surface area contributed by atoms with Crippen LogP contribution in [0.2, 0.25) is 5.02 Å². The number of nitrogens with zero attached hydrogens (tertiary/aromatic N) is 1. The van der Waals surface area contributed by atoms with E-state index in [4.69, 9.17) is 26.9 Å². The quantitative estimate of drug-likeness (QED) is 0.746. The molecule has 0 bridgehead atoms. The number of nitrogens with one attached hydrogen (secondary N) is 1. The van der Waals surface area contributed by atoms with Crippen LogP contribution in [0.15, 0.2) is 34.9 Å². The van der Waals surface area contributed by atoms with Crippen LogP contribution in [-0.4, -0.2) is 29.1 Å². The number of aliphatic hydroxyl groups is 1. The van der Waals surface area contributed by atoms with Gasteiger partial charge < -0.3 is 20.6 Å². The fraction of sp³-hybridized carbons (Fsp3) is 0.286. The lowest BCUT2D eigenvalue weighted by Crippen LogP contribution is -2.26. The maximum atomic E-state index is 11.9. The Morgan fingerprint density at radius 3 is 2.81 bits per heavy atom. The molecule has 0 fully saturated rings. The van der Waals surface area contributed by atoms with Crippen molar-refractivity contribution in [3.8, 4) is 0 Å². The molecule has 1 aromatic heterocycles.